The summed E-state index contributed by atoms with van der Waals surface area (Å²) >= 11 is 0. The molecule has 0 unspecified atom stereocenters. The summed E-state index contributed by atoms with van der Waals surface area (Å²) in [5, 5.41) is 0. The summed E-state index contributed by atoms with van der Waals surface area (Å²) in [5.41, 5.74) is 3.78. The molecule has 2 aromatic rings. The second kappa shape index (κ2) is 7.67. The third kappa shape index (κ3) is 5.29. The van der Waals surface area contributed by atoms with Gasteiger partial charge in [-0.2, -0.15) is 0 Å². The van der Waals surface area contributed by atoms with Gasteiger partial charge < -0.3 is 4.74 Å². The number of carbonyl (C=O) groups is 1. The lowest BCUT2D eigenvalue weighted by Crippen LogP contribution is -2.16. The van der Waals surface area contributed by atoms with Crippen LogP contribution in [0.5, 0.6) is 5.75 Å². The predicted octanol–water partition coefficient (Wildman–Crippen LogP) is 6.33. The molecule has 2 rings (SSSR count). The summed E-state index contributed by atoms with van der Waals surface area (Å²) in [6.07, 6.45) is 3.33. The van der Waals surface area contributed by atoms with Gasteiger partial charge in [0.25, 0.3) is 0 Å². The summed E-state index contributed by atoms with van der Waals surface area (Å²) in [6.45, 7) is 13.1. The van der Waals surface area contributed by atoms with Crippen molar-refractivity contribution in [3.63, 3.8) is 0 Å². The first kappa shape index (κ1) is 20.9. The molecular formula is C24H29FO2. The average molecular weight is 368 g/mol. The Balaban J connectivity index is 2.43. The Morgan fingerprint density at radius 3 is 1.96 bits per heavy atom. The largest absolute Gasteiger partial charge is 0.496 e. The average Bonchev–Trinajstić information content (AvgIpc) is 2.57. The van der Waals surface area contributed by atoms with Gasteiger partial charge in [0.15, 0.2) is 5.78 Å². The molecule has 0 aliphatic carbocycles. The molecule has 0 aliphatic rings. The van der Waals surface area contributed by atoms with Crippen LogP contribution in [0.3, 0.4) is 0 Å². The quantitative estimate of drug-likeness (QED) is 0.466. The molecule has 0 N–H and O–H groups in total. The van der Waals surface area contributed by atoms with Gasteiger partial charge in [-0.1, -0.05) is 65.8 Å². The zero-order chi connectivity index (χ0) is 20.4. The van der Waals surface area contributed by atoms with Crippen molar-refractivity contribution < 1.29 is 13.9 Å². The lowest BCUT2D eigenvalue weighted by atomic mass is 9.79. The summed E-state index contributed by atoms with van der Waals surface area (Å²) in [4.78, 5) is 12.6. The zero-order valence-electron chi connectivity index (χ0n) is 17.3. The van der Waals surface area contributed by atoms with Crippen LogP contribution in [0.1, 0.15) is 68.6 Å². The normalized spacial score (nSPS) is 12.4. The molecule has 0 bridgehead atoms. The topological polar surface area (TPSA) is 26.3 Å². The fraction of sp³-hybridized carbons (Fsp3) is 0.375. The Hall–Kier alpha value is -2.42. The van der Waals surface area contributed by atoms with E-state index in [9.17, 15) is 9.18 Å². The van der Waals surface area contributed by atoms with Crippen molar-refractivity contribution in [3.8, 4) is 5.75 Å². The maximum absolute atomic E-state index is 13.4. The van der Waals surface area contributed by atoms with Crippen molar-refractivity contribution in [2.75, 3.05) is 7.11 Å². The van der Waals surface area contributed by atoms with Crippen LogP contribution in [-0.2, 0) is 10.8 Å². The molecule has 0 fully saturated rings. The molecule has 0 radical (unpaired) electrons. The maximum atomic E-state index is 13.4. The summed E-state index contributed by atoms with van der Waals surface area (Å²) in [5.74, 6) is -0.408. The minimum Gasteiger partial charge on any atom is -0.496 e. The molecule has 3 heteroatoms. The Morgan fingerprint density at radius 1 is 0.926 bits per heavy atom. The molecule has 0 saturated carbocycles. The van der Waals surface area contributed by atoms with Crippen molar-refractivity contribution in [2.24, 2.45) is 0 Å². The molecule has 0 spiro atoms. The molecule has 0 saturated heterocycles. The molecule has 2 nitrogen and oxygen atoms in total. The Bertz CT molecular complexity index is 833. The van der Waals surface area contributed by atoms with Gasteiger partial charge in [-0.05, 0) is 45.7 Å². The lowest BCUT2D eigenvalue weighted by molar-refractivity contribution is 0.104. The van der Waals surface area contributed by atoms with Crippen LogP contribution in [0.4, 0.5) is 4.39 Å². The number of carbonyl (C=O) groups excluding carboxylic acids is 1. The fourth-order valence-electron chi connectivity index (χ4n) is 2.74. The van der Waals surface area contributed by atoms with Crippen LogP contribution in [0.2, 0.25) is 0 Å². The monoisotopic (exact) mass is 368 g/mol. The Kier molecular flexibility index (Phi) is 5.94. The van der Waals surface area contributed by atoms with Crippen molar-refractivity contribution in [1.82, 2.24) is 0 Å². The highest BCUT2D eigenvalue weighted by Gasteiger charge is 2.20. The maximum Gasteiger partial charge on any atom is 0.189 e. The molecule has 0 heterocycles. The zero-order valence-corrected chi connectivity index (χ0v) is 17.3. The third-order valence-corrected chi connectivity index (χ3v) is 4.54. The molecule has 0 aliphatic heterocycles. The summed E-state index contributed by atoms with van der Waals surface area (Å²) in [6, 6.07) is 10.4. The first-order valence-electron chi connectivity index (χ1n) is 9.14. The van der Waals surface area contributed by atoms with E-state index in [-0.39, 0.29) is 22.4 Å². The van der Waals surface area contributed by atoms with E-state index in [1.165, 1.54) is 42.5 Å². The number of allylic oxidation sites excluding steroid dienone is 1. The number of methoxy groups -OCH3 is 1. The standard InChI is InChI=1S/C24H29FO2/c1-23(2,3)17-12-16(13-18(14-17)24(4,5)6)8-11-21(26)20-10-9-19(25)15-22(20)27-7/h8-15H,1-7H3/b11-8+. The van der Waals surface area contributed by atoms with Gasteiger partial charge in [0.05, 0.1) is 12.7 Å². The van der Waals surface area contributed by atoms with E-state index in [0.29, 0.717) is 5.56 Å². The fourth-order valence-corrected chi connectivity index (χ4v) is 2.74. The number of ketones is 1. The second-order valence-electron chi connectivity index (χ2n) is 8.89. The van der Waals surface area contributed by atoms with E-state index < -0.39 is 5.82 Å². The van der Waals surface area contributed by atoms with E-state index in [0.717, 1.165) is 5.56 Å². The number of ether oxygens (including phenoxy) is 1. The van der Waals surface area contributed by atoms with Crippen molar-refractivity contribution >= 4 is 11.9 Å². The van der Waals surface area contributed by atoms with Gasteiger partial charge in [-0.15, -0.1) is 0 Å². The van der Waals surface area contributed by atoms with Crippen molar-refractivity contribution in [3.05, 3.63) is 70.5 Å². The van der Waals surface area contributed by atoms with E-state index in [2.05, 4.69) is 59.7 Å². The first-order chi connectivity index (χ1) is 12.4. The van der Waals surface area contributed by atoms with Crippen LogP contribution < -0.4 is 4.74 Å². The van der Waals surface area contributed by atoms with E-state index in [4.69, 9.17) is 4.74 Å². The number of halogens is 1. The highest BCUT2D eigenvalue weighted by atomic mass is 19.1. The van der Waals surface area contributed by atoms with Crippen LogP contribution in [0.15, 0.2) is 42.5 Å². The number of hydrogen-bond donors (Lipinski definition) is 0. The SMILES string of the molecule is COc1cc(F)ccc1C(=O)/C=C/c1cc(C(C)(C)C)cc(C(C)(C)C)c1. The Labute approximate surface area is 162 Å². The smallest absolute Gasteiger partial charge is 0.189 e. The molecule has 2 aromatic carbocycles. The van der Waals surface area contributed by atoms with Gasteiger partial charge in [0.2, 0.25) is 0 Å². The molecule has 27 heavy (non-hydrogen) atoms. The van der Waals surface area contributed by atoms with Crippen molar-refractivity contribution in [2.45, 2.75) is 52.4 Å². The third-order valence-electron chi connectivity index (χ3n) is 4.54. The van der Waals surface area contributed by atoms with Gasteiger partial charge in [0, 0.05) is 6.07 Å². The molecule has 0 aromatic heterocycles. The highest BCUT2D eigenvalue weighted by molar-refractivity contribution is 6.08. The lowest BCUT2D eigenvalue weighted by Gasteiger charge is -2.25. The van der Waals surface area contributed by atoms with E-state index in [1.807, 2.05) is 6.08 Å². The minimum absolute atomic E-state index is 0.00797. The van der Waals surface area contributed by atoms with Crippen LogP contribution >= 0.6 is 0 Å². The van der Waals surface area contributed by atoms with Crippen LogP contribution in [0, 0.1) is 5.82 Å². The summed E-state index contributed by atoms with van der Waals surface area (Å²) < 4.78 is 18.5. The van der Waals surface area contributed by atoms with Gasteiger partial charge in [-0.3, -0.25) is 4.79 Å². The van der Waals surface area contributed by atoms with Crippen LogP contribution in [0.25, 0.3) is 6.08 Å². The van der Waals surface area contributed by atoms with Gasteiger partial charge in [-0.25, -0.2) is 4.39 Å². The van der Waals surface area contributed by atoms with E-state index >= 15 is 0 Å². The minimum atomic E-state index is -0.430. The molecule has 0 atom stereocenters. The predicted molar refractivity (Wildman–Crippen MR) is 110 cm³/mol. The van der Waals surface area contributed by atoms with Gasteiger partial charge in [0.1, 0.15) is 11.6 Å². The molecule has 0 amide bonds. The van der Waals surface area contributed by atoms with Gasteiger partial charge >= 0.3 is 0 Å². The van der Waals surface area contributed by atoms with Crippen LogP contribution in [-0.4, -0.2) is 12.9 Å². The highest BCUT2D eigenvalue weighted by Crippen LogP contribution is 2.31. The van der Waals surface area contributed by atoms with E-state index in [1.54, 1.807) is 0 Å². The number of rotatable bonds is 4. The second-order valence-corrected chi connectivity index (χ2v) is 8.89. The van der Waals surface area contributed by atoms with Crippen molar-refractivity contribution in [1.29, 1.82) is 0 Å². The summed E-state index contributed by atoms with van der Waals surface area (Å²) in [7, 11) is 1.43. The molecular weight excluding hydrogens is 339 g/mol. The number of benzene rings is 2. The first-order valence-corrected chi connectivity index (χ1v) is 9.14. The Morgan fingerprint density at radius 2 is 1.48 bits per heavy atom. The molecule has 144 valence electrons. The number of hydrogen-bond acceptors (Lipinski definition) is 2.